The minimum atomic E-state index is -3.62. The van der Waals surface area contributed by atoms with Gasteiger partial charge < -0.3 is 14.8 Å². The normalized spacial score (nSPS) is 23.5. The minimum absolute atomic E-state index is 0.0402. The minimum Gasteiger partial charge on any atom is -0.353 e. The van der Waals surface area contributed by atoms with Crippen molar-refractivity contribution < 1.29 is 13.2 Å². The Labute approximate surface area is 188 Å². The van der Waals surface area contributed by atoms with Gasteiger partial charge in [0.05, 0.1) is 10.9 Å². The van der Waals surface area contributed by atoms with Gasteiger partial charge in [-0.05, 0) is 31.7 Å². The summed E-state index contributed by atoms with van der Waals surface area (Å²) in [6, 6.07) is 1.92. The van der Waals surface area contributed by atoms with E-state index in [1.165, 1.54) is 4.31 Å². The van der Waals surface area contributed by atoms with Crippen molar-refractivity contribution in [2.45, 2.75) is 50.6 Å². The molecule has 3 fully saturated rings. The molecule has 0 bridgehead atoms. The first-order chi connectivity index (χ1) is 15.4. The third-order valence-electron chi connectivity index (χ3n) is 7.19. The fourth-order valence-electron chi connectivity index (χ4n) is 5.28. The molecule has 2 saturated heterocycles. The molecule has 0 unspecified atom stereocenters. The van der Waals surface area contributed by atoms with Crippen LogP contribution in [0.2, 0.25) is 0 Å². The van der Waals surface area contributed by atoms with Crippen LogP contribution in [0.25, 0.3) is 11.0 Å². The van der Waals surface area contributed by atoms with Gasteiger partial charge in [-0.2, -0.15) is 17.0 Å². The van der Waals surface area contributed by atoms with Gasteiger partial charge in [-0.25, -0.2) is 9.97 Å². The van der Waals surface area contributed by atoms with Crippen molar-refractivity contribution in [3.63, 3.8) is 0 Å². The monoisotopic (exact) mass is 461 g/mol. The lowest BCUT2D eigenvalue weighted by molar-refractivity contribution is -0.131. The van der Waals surface area contributed by atoms with Gasteiger partial charge in [-0.1, -0.05) is 6.92 Å². The first-order valence-electron chi connectivity index (χ1n) is 11.4. The molecule has 1 N–H and O–H groups in total. The summed E-state index contributed by atoms with van der Waals surface area (Å²) in [5.74, 6) is 0.958. The van der Waals surface area contributed by atoms with Gasteiger partial charge in [0, 0.05) is 58.4 Å². The van der Waals surface area contributed by atoms with E-state index in [9.17, 15) is 13.2 Å². The van der Waals surface area contributed by atoms with Crippen LogP contribution < -0.4 is 4.90 Å². The van der Waals surface area contributed by atoms with Gasteiger partial charge in [0.1, 0.15) is 17.8 Å². The smallest absolute Gasteiger partial charge is 0.282 e. The number of piperazine rings is 1. The third kappa shape index (κ3) is 3.56. The van der Waals surface area contributed by atoms with Crippen molar-refractivity contribution in [3.8, 4) is 0 Å². The van der Waals surface area contributed by atoms with Crippen LogP contribution >= 0.6 is 0 Å². The van der Waals surface area contributed by atoms with Crippen LogP contribution in [0.15, 0.2) is 18.6 Å². The van der Waals surface area contributed by atoms with Crippen LogP contribution in [0.3, 0.4) is 0 Å². The maximum absolute atomic E-state index is 13.6. The quantitative estimate of drug-likeness (QED) is 0.693. The number of anilines is 1. The zero-order chi connectivity index (χ0) is 22.5. The highest BCUT2D eigenvalue weighted by atomic mass is 32.2. The topological polar surface area (TPSA) is 106 Å². The van der Waals surface area contributed by atoms with E-state index in [2.05, 4.69) is 19.9 Å². The number of fused-ring (bicyclic) bond motifs is 1. The highest BCUT2D eigenvalue weighted by Crippen LogP contribution is 2.47. The average Bonchev–Trinajstić information content (AvgIpc) is 3.18. The van der Waals surface area contributed by atoms with Crippen molar-refractivity contribution in [3.05, 3.63) is 18.6 Å². The molecule has 10 nitrogen and oxygen atoms in total. The van der Waals surface area contributed by atoms with E-state index in [0.29, 0.717) is 32.6 Å². The summed E-state index contributed by atoms with van der Waals surface area (Å²) < 4.78 is 30.3. The molecule has 2 aromatic heterocycles. The van der Waals surface area contributed by atoms with Crippen LogP contribution in [0.5, 0.6) is 0 Å². The number of amides is 1. The van der Waals surface area contributed by atoms with E-state index in [1.54, 1.807) is 17.7 Å². The maximum Gasteiger partial charge on any atom is 0.282 e. The number of hydrogen-bond acceptors (Lipinski definition) is 6. The summed E-state index contributed by atoms with van der Waals surface area (Å²) in [6.07, 6.45) is 7.33. The van der Waals surface area contributed by atoms with E-state index >= 15 is 0 Å². The first-order valence-corrected chi connectivity index (χ1v) is 12.8. The largest absolute Gasteiger partial charge is 0.353 e. The van der Waals surface area contributed by atoms with Gasteiger partial charge in [-0.3, -0.25) is 4.79 Å². The molecule has 1 amide bonds. The Morgan fingerprint density at radius 2 is 2.09 bits per heavy atom. The van der Waals surface area contributed by atoms with E-state index in [4.69, 9.17) is 0 Å². The molecule has 0 aromatic carbocycles. The molecule has 4 heterocycles. The van der Waals surface area contributed by atoms with Crippen molar-refractivity contribution in [1.29, 1.82) is 0 Å². The Morgan fingerprint density at radius 3 is 2.84 bits per heavy atom. The number of rotatable bonds is 6. The Morgan fingerprint density at radius 1 is 1.28 bits per heavy atom. The van der Waals surface area contributed by atoms with Gasteiger partial charge in [0.15, 0.2) is 0 Å². The summed E-state index contributed by atoms with van der Waals surface area (Å²) in [5, 5.41) is 0.957. The van der Waals surface area contributed by atoms with Crippen LogP contribution in [0.4, 0.5) is 5.82 Å². The SMILES string of the molecule is CCC(=O)N1CCC[C@@H]1CN(C)S(=O)(=O)N1CCN(c2ncnc3[nH]ccc23)CC12CC2. The van der Waals surface area contributed by atoms with E-state index in [-0.39, 0.29) is 17.5 Å². The highest BCUT2D eigenvalue weighted by Gasteiger charge is 2.57. The lowest BCUT2D eigenvalue weighted by Gasteiger charge is -2.43. The number of H-pyrrole nitrogens is 1. The molecule has 2 aromatic rings. The first kappa shape index (κ1) is 21.6. The van der Waals surface area contributed by atoms with Crippen LogP contribution in [-0.2, 0) is 15.0 Å². The van der Waals surface area contributed by atoms with E-state index < -0.39 is 10.2 Å². The number of likely N-dealkylation sites (tertiary alicyclic amines) is 1. The molecule has 32 heavy (non-hydrogen) atoms. The number of likely N-dealkylation sites (N-methyl/N-ethyl adjacent to an activating group) is 1. The predicted octanol–water partition coefficient (Wildman–Crippen LogP) is 1.19. The second kappa shape index (κ2) is 7.96. The number of nitrogens with zero attached hydrogens (tertiary/aromatic N) is 6. The van der Waals surface area contributed by atoms with Gasteiger partial charge >= 0.3 is 0 Å². The molecule has 2 aliphatic heterocycles. The number of nitrogens with one attached hydrogen (secondary N) is 1. The molecule has 1 aliphatic carbocycles. The molecule has 11 heteroatoms. The highest BCUT2D eigenvalue weighted by molar-refractivity contribution is 7.86. The van der Waals surface area contributed by atoms with Crippen LogP contribution in [0.1, 0.15) is 39.0 Å². The number of carbonyl (C=O) groups is 1. The number of carbonyl (C=O) groups excluding carboxylic acids is 1. The zero-order valence-corrected chi connectivity index (χ0v) is 19.5. The Kier molecular flexibility index (Phi) is 5.37. The summed E-state index contributed by atoms with van der Waals surface area (Å²) in [5.41, 5.74) is 0.408. The fourth-order valence-corrected chi connectivity index (χ4v) is 7.02. The molecule has 1 atom stereocenters. The molecule has 1 spiro atoms. The molecule has 3 aliphatic rings. The molecule has 5 rings (SSSR count). The Hall–Kier alpha value is -2.24. The number of hydrogen-bond donors (Lipinski definition) is 1. The van der Waals surface area contributed by atoms with Crippen molar-refractivity contribution >= 4 is 33.0 Å². The van der Waals surface area contributed by atoms with Crippen LogP contribution in [-0.4, -0.2) is 94.1 Å². The molecule has 1 saturated carbocycles. The molecular formula is C21H31N7O3S. The lowest BCUT2D eigenvalue weighted by Crippen LogP contribution is -2.60. The Balaban J connectivity index is 1.32. The van der Waals surface area contributed by atoms with Crippen molar-refractivity contribution in [2.24, 2.45) is 0 Å². The van der Waals surface area contributed by atoms with E-state index in [0.717, 1.165) is 49.1 Å². The lowest BCUT2D eigenvalue weighted by atomic mass is 10.2. The standard InChI is InChI=1S/C21H31N7O3S/c1-3-18(29)27-10-4-5-16(27)13-25(2)32(30,31)28-12-11-26(14-21(28)7-8-21)20-17-6-9-22-19(17)23-15-24-20/h6,9,15-16H,3-5,7-8,10-14H2,1-2H3,(H,22,23,24)/t16-/m1/s1. The van der Waals surface area contributed by atoms with Gasteiger partial charge in [0.2, 0.25) is 5.91 Å². The maximum atomic E-state index is 13.6. The summed E-state index contributed by atoms with van der Waals surface area (Å²) in [6.45, 7) is 4.55. The molecule has 174 valence electrons. The second-order valence-corrected chi connectivity index (χ2v) is 11.1. The molecular weight excluding hydrogens is 430 g/mol. The average molecular weight is 462 g/mol. The Bertz CT molecular complexity index is 1110. The van der Waals surface area contributed by atoms with Crippen molar-refractivity contribution in [1.82, 2.24) is 28.5 Å². The fraction of sp³-hybridized carbons (Fsp3) is 0.667. The molecule has 0 radical (unpaired) electrons. The number of aromatic nitrogens is 3. The zero-order valence-electron chi connectivity index (χ0n) is 18.7. The van der Waals surface area contributed by atoms with E-state index in [1.807, 2.05) is 24.1 Å². The van der Waals surface area contributed by atoms with Gasteiger partial charge in [-0.15, -0.1) is 0 Å². The summed E-state index contributed by atoms with van der Waals surface area (Å²) in [4.78, 5) is 28.2. The second-order valence-electron chi connectivity index (χ2n) is 9.18. The number of aromatic amines is 1. The van der Waals surface area contributed by atoms with Crippen LogP contribution in [0, 0.1) is 0 Å². The summed E-state index contributed by atoms with van der Waals surface area (Å²) in [7, 11) is -1.97. The van der Waals surface area contributed by atoms with Crippen molar-refractivity contribution in [2.75, 3.05) is 44.7 Å². The summed E-state index contributed by atoms with van der Waals surface area (Å²) >= 11 is 0. The predicted molar refractivity (Wildman–Crippen MR) is 121 cm³/mol. The third-order valence-corrected chi connectivity index (χ3v) is 9.25. The van der Waals surface area contributed by atoms with Gasteiger partial charge in [0.25, 0.3) is 10.2 Å².